The van der Waals surface area contributed by atoms with E-state index in [1.165, 1.54) is 6.20 Å². The van der Waals surface area contributed by atoms with Gasteiger partial charge in [0.15, 0.2) is 5.82 Å². The lowest BCUT2D eigenvalue weighted by molar-refractivity contribution is -0.136. The lowest BCUT2D eigenvalue weighted by Crippen LogP contribution is -2.54. The molecule has 8 heterocycles. The molecule has 3 N–H and O–H groups in total. The first-order valence-electron chi connectivity index (χ1n) is 25.0. The first kappa shape index (κ1) is 49.2. The highest BCUT2D eigenvalue weighted by Gasteiger charge is 2.45. The Labute approximate surface area is 433 Å². The van der Waals surface area contributed by atoms with Gasteiger partial charge in [-0.2, -0.15) is 10.1 Å². The molecular weight excluding hydrogens is 983 g/mol. The number of nitrogens with one attached hydrogen (secondary N) is 3. The second-order valence-corrected chi connectivity index (χ2v) is 23.9. The van der Waals surface area contributed by atoms with Gasteiger partial charge in [-0.3, -0.25) is 53.8 Å². The third kappa shape index (κ3) is 9.55. The van der Waals surface area contributed by atoms with Crippen LogP contribution in [0.3, 0.4) is 0 Å². The number of aromatic nitrogens is 6. The van der Waals surface area contributed by atoms with E-state index in [0.29, 0.717) is 50.4 Å². The number of anilines is 6. The zero-order valence-electron chi connectivity index (χ0n) is 41.8. The van der Waals surface area contributed by atoms with Crippen molar-refractivity contribution >= 4 is 93.2 Å². The van der Waals surface area contributed by atoms with Crippen molar-refractivity contribution in [3.63, 3.8) is 0 Å². The number of piperidine rings is 3. The Kier molecular flexibility index (Phi) is 13.1. The predicted molar refractivity (Wildman–Crippen MR) is 284 cm³/mol. The van der Waals surface area contributed by atoms with E-state index in [4.69, 9.17) is 21.3 Å². The van der Waals surface area contributed by atoms with Crippen LogP contribution in [0.2, 0.25) is 5.02 Å². The molecule has 74 heavy (non-hydrogen) atoms. The SMILES string of the molecule is COc1cc(N2CCC3(CCN(CN4CCN(c5ccc6c(c5)C(=O)N(C5CCC(=O)NC5=O)C6=O)CC4)CC3)CC2)c(-c2cnn(C)c2)cc1Nc1ncc(Cl)c(Nc2ccc3nccnc3c2P(C)(C)=O)n1. The van der Waals surface area contributed by atoms with E-state index >= 15 is 0 Å². The van der Waals surface area contributed by atoms with E-state index in [-0.39, 0.29) is 29.2 Å². The number of methoxy groups -OCH3 is 1. The Balaban J connectivity index is 0.719. The van der Waals surface area contributed by atoms with Crippen LogP contribution in [-0.4, -0.2) is 154 Å². The van der Waals surface area contributed by atoms with Crippen LogP contribution in [0.1, 0.15) is 59.2 Å². The van der Waals surface area contributed by atoms with Gasteiger partial charge in [0.05, 0.1) is 59.5 Å². The van der Waals surface area contributed by atoms with E-state index in [1.807, 2.05) is 37.6 Å². The number of benzene rings is 3. The number of hydrogen-bond donors (Lipinski definition) is 3. The summed E-state index contributed by atoms with van der Waals surface area (Å²) in [5.41, 5.74) is 7.21. The minimum Gasteiger partial charge on any atom is -0.494 e. The summed E-state index contributed by atoms with van der Waals surface area (Å²) in [5.74, 6) is -0.747. The molecule has 20 nitrogen and oxygen atoms in total. The molecule has 0 aliphatic carbocycles. The maximum Gasteiger partial charge on any atom is 0.262 e. The fourth-order valence-electron chi connectivity index (χ4n) is 11.3. The zero-order chi connectivity index (χ0) is 51.5. The summed E-state index contributed by atoms with van der Waals surface area (Å²) < 4.78 is 21.5. The molecule has 5 aliphatic rings. The third-order valence-corrected chi connectivity index (χ3v) is 17.2. The minimum absolute atomic E-state index is 0.0863. The van der Waals surface area contributed by atoms with Crippen molar-refractivity contribution in [1.29, 1.82) is 0 Å². The Morgan fingerprint density at radius 3 is 2.24 bits per heavy atom. The molecule has 3 aromatic carbocycles. The number of nitrogens with zero attached hydrogens (tertiary/aromatic N) is 11. The molecule has 4 saturated heterocycles. The quantitative estimate of drug-likeness (QED) is 0.0935. The van der Waals surface area contributed by atoms with Gasteiger partial charge in [0, 0.05) is 99.9 Å². The third-order valence-electron chi connectivity index (χ3n) is 15.4. The van der Waals surface area contributed by atoms with E-state index in [1.54, 1.807) is 49.6 Å². The molecule has 1 atom stereocenters. The van der Waals surface area contributed by atoms with E-state index in [2.05, 4.69) is 67.7 Å². The largest absolute Gasteiger partial charge is 0.494 e. The van der Waals surface area contributed by atoms with Gasteiger partial charge in [-0.05, 0) is 100 Å². The second kappa shape index (κ2) is 19.7. The van der Waals surface area contributed by atoms with Gasteiger partial charge in [0.2, 0.25) is 17.8 Å². The highest BCUT2D eigenvalue weighted by molar-refractivity contribution is 7.71. The van der Waals surface area contributed by atoms with E-state index < -0.39 is 36.8 Å². The summed E-state index contributed by atoms with van der Waals surface area (Å²) in [7, 11) is 0.726. The second-order valence-electron chi connectivity index (χ2n) is 20.4. The van der Waals surface area contributed by atoms with Crippen LogP contribution in [0, 0.1) is 5.41 Å². The van der Waals surface area contributed by atoms with Crippen LogP contribution >= 0.6 is 18.7 Å². The highest BCUT2D eigenvalue weighted by Crippen LogP contribution is 2.47. The van der Waals surface area contributed by atoms with Crippen molar-refractivity contribution in [3.8, 4) is 16.9 Å². The Bertz CT molecular complexity index is 3270. The van der Waals surface area contributed by atoms with Crippen molar-refractivity contribution in [2.75, 3.05) is 99.9 Å². The van der Waals surface area contributed by atoms with Gasteiger partial charge in [0.25, 0.3) is 11.8 Å². The fourth-order valence-corrected chi connectivity index (χ4v) is 12.8. The van der Waals surface area contributed by atoms with Crippen LogP contribution in [0.15, 0.2) is 73.4 Å². The molecular formula is C52H58ClN14O6P. The Morgan fingerprint density at radius 1 is 0.797 bits per heavy atom. The van der Waals surface area contributed by atoms with Crippen molar-refractivity contribution < 1.29 is 28.5 Å². The highest BCUT2D eigenvalue weighted by atomic mass is 35.5. The average molecular weight is 1040 g/mol. The normalized spacial score (nSPS) is 19.6. The monoisotopic (exact) mass is 1040 g/mol. The molecule has 4 fully saturated rings. The van der Waals surface area contributed by atoms with Crippen LogP contribution in [0.25, 0.3) is 22.2 Å². The fraction of sp³-hybridized carbons (Fsp3) is 0.404. The molecule has 0 saturated carbocycles. The van der Waals surface area contributed by atoms with Crippen molar-refractivity contribution in [1.82, 2.24) is 49.7 Å². The number of fused-ring (bicyclic) bond motifs is 2. The van der Waals surface area contributed by atoms with Gasteiger partial charge < -0.3 is 29.7 Å². The molecule has 22 heteroatoms. The smallest absolute Gasteiger partial charge is 0.262 e. The van der Waals surface area contributed by atoms with Crippen LogP contribution in [-0.2, 0) is 21.2 Å². The molecule has 384 valence electrons. The van der Waals surface area contributed by atoms with Crippen molar-refractivity contribution in [2.24, 2.45) is 12.5 Å². The summed E-state index contributed by atoms with van der Waals surface area (Å²) in [6, 6.07) is 12.2. The summed E-state index contributed by atoms with van der Waals surface area (Å²) in [6.07, 6.45) is 13.3. The predicted octanol–water partition coefficient (Wildman–Crippen LogP) is 6.08. The molecule has 0 bridgehead atoms. The van der Waals surface area contributed by atoms with Crippen molar-refractivity contribution in [3.05, 3.63) is 89.6 Å². The minimum atomic E-state index is -2.84. The van der Waals surface area contributed by atoms with Crippen LogP contribution in [0.5, 0.6) is 5.75 Å². The van der Waals surface area contributed by atoms with Gasteiger partial charge in [0.1, 0.15) is 29.5 Å². The van der Waals surface area contributed by atoms with Crippen LogP contribution < -0.4 is 35.8 Å². The summed E-state index contributed by atoms with van der Waals surface area (Å²) in [6.45, 7) is 11.5. The lowest BCUT2D eigenvalue weighted by Gasteiger charge is -2.48. The summed E-state index contributed by atoms with van der Waals surface area (Å²) in [5, 5.41) is 14.3. The molecule has 1 spiro atoms. The van der Waals surface area contributed by atoms with Gasteiger partial charge in [-0.15, -0.1) is 0 Å². The number of amides is 4. The molecule has 1 unspecified atom stereocenters. The van der Waals surface area contributed by atoms with Gasteiger partial charge in [-0.1, -0.05) is 11.6 Å². The molecule has 11 rings (SSSR count). The molecule has 6 aromatic rings. The number of likely N-dealkylation sites (tertiary alicyclic amines) is 1. The van der Waals surface area contributed by atoms with Gasteiger partial charge in [-0.25, -0.2) is 4.98 Å². The Morgan fingerprint density at radius 2 is 1.53 bits per heavy atom. The number of carbonyl (C=O) groups is 4. The van der Waals surface area contributed by atoms with Crippen molar-refractivity contribution in [2.45, 2.75) is 44.6 Å². The number of rotatable bonds is 12. The number of piperazine rings is 1. The van der Waals surface area contributed by atoms with E-state index in [0.717, 1.165) is 112 Å². The maximum absolute atomic E-state index is 13.6. The average Bonchev–Trinajstić information content (AvgIpc) is 3.94. The number of aryl methyl sites for hydroxylation is 1. The number of imide groups is 2. The Hall–Kier alpha value is -6.99. The first-order chi connectivity index (χ1) is 35.6. The van der Waals surface area contributed by atoms with Gasteiger partial charge >= 0.3 is 0 Å². The summed E-state index contributed by atoms with van der Waals surface area (Å²) in [4.78, 5) is 80.0. The zero-order valence-corrected chi connectivity index (χ0v) is 43.5. The summed E-state index contributed by atoms with van der Waals surface area (Å²) >= 11 is 6.69. The standard InChI is InChI=1S/C52H58ClN14O6P/c1-62-30-32(28-57-62)35-26-40(59-51-56-29-37(53)47(61-51)58-39-8-7-38-45(55-16-15-54-38)46(39)74(3,4)72)43(73-2)27-42(35)66-19-13-52(14-20-66)11-17-63(18-12-52)31-64-21-23-65(24-22-64)33-5-6-34-36(25-33)50(71)67(49(34)70)41-9-10-44(68)60-48(41)69/h5-8,15-16,25-30,41H,9-14,17-24,31H2,1-4H3,(H,60,68,69)(H2,56,58,59,61). The molecule has 3 aromatic heterocycles. The lowest BCUT2D eigenvalue weighted by atomic mass is 9.71. The first-order valence-corrected chi connectivity index (χ1v) is 28.0. The molecule has 5 aliphatic heterocycles. The number of carbonyl (C=O) groups excluding carboxylic acids is 4. The number of hydrogen-bond acceptors (Lipinski definition) is 17. The molecule has 0 radical (unpaired) electrons. The molecule has 4 amide bonds. The van der Waals surface area contributed by atoms with E-state index in [9.17, 15) is 23.7 Å². The number of halogens is 1. The van der Waals surface area contributed by atoms with Crippen LogP contribution in [0.4, 0.5) is 34.5 Å². The maximum atomic E-state index is 13.6. The topological polar surface area (TPSA) is 216 Å². The number of ether oxygens (including phenoxy) is 1.